The second-order valence-corrected chi connectivity index (χ2v) is 10.0. The van der Waals surface area contributed by atoms with Crippen LogP contribution < -0.4 is 4.72 Å². The van der Waals surface area contributed by atoms with Gasteiger partial charge in [0, 0.05) is 12.1 Å². The Morgan fingerprint density at radius 1 is 1.03 bits per heavy atom. The van der Waals surface area contributed by atoms with E-state index in [9.17, 15) is 39.6 Å². The maximum atomic E-state index is 13.0. The highest BCUT2D eigenvalue weighted by molar-refractivity contribution is 7.92. The zero-order chi connectivity index (χ0) is 22.0. The number of alkyl halides is 6. The van der Waals surface area contributed by atoms with E-state index in [2.05, 4.69) is 0 Å². The van der Waals surface area contributed by atoms with E-state index in [1.165, 1.54) is 0 Å². The molecule has 2 saturated carbocycles. The van der Waals surface area contributed by atoms with Crippen LogP contribution in [0.15, 0.2) is 18.2 Å². The van der Waals surface area contributed by atoms with Crippen LogP contribution in [-0.4, -0.2) is 20.0 Å². The Labute approximate surface area is 163 Å². The normalized spacial score (nSPS) is 26.8. The third-order valence-electron chi connectivity index (χ3n) is 6.44. The number of carbonyl (C=O) groups excluding carboxylic acids is 1. The van der Waals surface area contributed by atoms with Gasteiger partial charge in [-0.15, -0.1) is 0 Å². The lowest BCUT2D eigenvalue weighted by atomic mass is 9.70. The number of Topliss-reactive ketones (excluding diaryl/α,β-unsaturated/α-hetero) is 1. The average Bonchev–Trinajstić information content (AvgIpc) is 2.86. The number of hydrogen-bond donors (Lipinski definition) is 1. The van der Waals surface area contributed by atoms with Gasteiger partial charge in [0.1, 0.15) is 5.78 Å². The Morgan fingerprint density at radius 2 is 1.55 bits per heavy atom. The molecule has 0 radical (unpaired) electrons. The molecule has 1 aromatic rings. The number of sulfonamides is 1. The summed E-state index contributed by atoms with van der Waals surface area (Å²) < 4.78 is 105. The summed E-state index contributed by atoms with van der Waals surface area (Å²) >= 11 is 0. The number of nitrogens with one attached hydrogen (secondary N) is 1. The molecule has 0 saturated heterocycles. The molecule has 11 heteroatoms. The number of hydrogen-bond acceptors (Lipinski definition) is 3. The molecule has 2 atom stereocenters. The Morgan fingerprint density at radius 3 is 1.93 bits per heavy atom. The fourth-order valence-electron chi connectivity index (χ4n) is 4.66. The monoisotopic (exact) mass is 443 g/mol. The quantitative estimate of drug-likeness (QED) is 0.676. The van der Waals surface area contributed by atoms with Gasteiger partial charge in [0.25, 0.3) is 0 Å². The van der Waals surface area contributed by atoms with E-state index in [1.807, 2.05) is 4.72 Å². The zero-order valence-corrected chi connectivity index (χ0v) is 16.4. The lowest BCUT2D eigenvalue weighted by molar-refractivity contribution is -0.143. The molecule has 4 nitrogen and oxygen atoms in total. The van der Waals surface area contributed by atoms with Gasteiger partial charge in [0.05, 0.1) is 22.3 Å². The summed E-state index contributed by atoms with van der Waals surface area (Å²) in [5, 5.41) is 0. The van der Waals surface area contributed by atoms with Gasteiger partial charge < -0.3 is 0 Å². The molecule has 0 aromatic heterocycles. The van der Waals surface area contributed by atoms with Gasteiger partial charge >= 0.3 is 12.4 Å². The van der Waals surface area contributed by atoms with Crippen molar-refractivity contribution in [2.75, 3.05) is 10.5 Å². The first-order valence-electron chi connectivity index (χ1n) is 8.81. The van der Waals surface area contributed by atoms with Crippen LogP contribution in [0.1, 0.15) is 44.2 Å². The number of benzene rings is 1. The van der Waals surface area contributed by atoms with Gasteiger partial charge in [-0.1, -0.05) is 13.8 Å². The van der Waals surface area contributed by atoms with Crippen molar-refractivity contribution in [1.29, 1.82) is 0 Å². The predicted octanol–water partition coefficient (Wildman–Crippen LogP) is 4.86. The van der Waals surface area contributed by atoms with Crippen LogP contribution in [0.4, 0.5) is 32.0 Å². The summed E-state index contributed by atoms with van der Waals surface area (Å²) in [5.41, 5.74) is -5.91. The standard InChI is InChI=1S/C18H19F6NO3S/c1-15(2)10-3-4-16(15,14(26)8-10)9-29(27,28)25-13-6-11(17(19,20)21)5-12(7-13)18(22,23)24/h5-7,10,25H,3-4,8-9H2,1-2H3/t10-,16-/m0/s1. The Balaban J connectivity index is 1.96. The lowest BCUT2D eigenvalue weighted by Crippen LogP contribution is -2.43. The van der Waals surface area contributed by atoms with Gasteiger partial charge in [0.15, 0.2) is 0 Å². The third kappa shape index (κ3) is 3.73. The van der Waals surface area contributed by atoms with E-state index < -0.39 is 55.8 Å². The molecule has 2 bridgehead atoms. The molecule has 1 aromatic carbocycles. The van der Waals surface area contributed by atoms with E-state index in [0.29, 0.717) is 25.0 Å². The van der Waals surface area contributed by atoms with E-state index in [1.54, 1.807) is 13.8 Å². The molecule has 3 rings (SSSR count). The highest BCUT2D eigenvalue weighted by Gasteiger charge is 2.65. The van der Waals surface area contributed by atoms with Crippen molar-refractivity contribution in [1.82, 2.24) is 0 Å². The molecule has 162 valence electrons. The molecule has 1 N–H and O–H groups in total. The van der Waals surface area contributed by atoms with Crippen molar-refractivity contribution in [3.05, 3.63) is 29.3 Å². The maximum absolute atomic E-state index is 13.0. The molecule has 2 aliphatic carbocycles. The van der Waals surface area contributed by atoms with Gasteiger partial charge in [-0.2, -0.15) is 26.3 Å². The molecule has 0 heterocycles. The summed E-state index contributed by atoms with van der Waals surface area (Å²) in [5.74, 6) is -0.903. The first-order valence-corrected chi connectivity index (χ1v) is 10.5. The second kappa shape index (κ2) is 6.36. The third-order valence-corrected chi connectivity index (χ3v) is 7.86. The molecule has 29 heavy (non-hydrogen) atoms. The number of fused-ring (bicyclic) bond motifs is 2. The van der Waals surface area contributed by atoms with E-state index in [4.69, 9.17) is 0 Å². The SMILES string of the molecule is CC1(C)[C@H]2CC[C@]1(CS(=O)(=O)Nc1cc(C(F)(F)F)cc(C(F)(F)F)c1)C(=O)C2. The molecular formula is C18H19F6NO3S. The first kappa shape index (κ1) is 21.9. The minimum Gasteiger partial charge on any atom is -0.299 e. The van der Waals surface area contributed by atoms with Crippen molar-refractivity contribution in [2.24, 2.45) is 16.7 Å². The van der Waals surface area contributed by atoms with Crippen molar-refractivity contribution < 1.29 is 39.6 Å². The van der Waals surface area contributed by atoms with Crippen LogP contribution in [0, 0.1) is 16.7 Å². The molecule has 2 fully saturated rings. The predicted molar refractivity (Wildman–Crippen MR) is 92.4 cm³/mol. The summed E-state index contributed by atoms with van der Waals surface area (Å²) in [6, 6.07) is 0.536. The van der Waals surface area contributed by atoms with E-state index in [-0.39, 0.29) is 24.2 Å². The topological polar surface area (TPSA) is 63.2 Å². The highest BCUT2D eigenvalue weighted by Crippen LogP contribution is 2.64. The van der Waals surface area contributed by atoms with E-state index in [0.717, 1.165) is 0 Å². The summed E-state index contributed by atoms with van der Waals surface area (Å²) in [4.78, 5) is 12.5. The van der Waals surface area contributed by atoms with Gasteiger partial charge in [-0.3, -0.25) is 9.52 Å². The van der Waals surface area contributed by atoms with Crippen molar-refractivity contribution in [3.63, 3.8) is 0 Å². The van der Waals surface area contributed by atoms with Crippen LogP contribution in [0.3, 0.4) is 0 Å². The smallest absolute Gasteiger partial charge is 0.299 e. The molecule has 0 spiro atoms. The number of carbonyl (C=O) groups is 1. The average molecular weight is 443 g/mol. The molecular weight excluding hydrogens is 424 g/mol. The van der Waals surface area contributed by atoms with Crippen LogP contribution in [0.2, 0.25) is 0 Å². The first-order chi connectivity index (χ1) is 13.0. The number of anilines is 1. The van der Waals surface area contributed by atoms with Gasteiger partial charge in [-0.25, -0.2) is 8.42 Å². The maximum Gasteiger partial charge on any atom is 0.416 e. The van der Waals surface area contributed by atoms with Crippen LogP contribution in [0.25, 0.3) is 0 Å². The summed E-state index contributed by atoms with van der Waals surface area (Å²) in [7, 11) is -4.40. The van der Waals surface area contributed by atoms with Crippen molar-refractivity contribution in [2.45, 2.75) is 45.5 Å². The van der Waals surface area contributed by atoms with E-state index >= 15 is 0 Å². The molecule has 0 aliphatic heterocycles. The minimum absolute atomic E-state index is 0.00980. The van der Waals surface area contributed by atoms with Crippen molar-refractivity contribution in [3.8, 4) is 0 Å². The summed E-state index contributed by atoms with van der Waals surface area (Å²) in [6.07, 6.45) is -8.99. The van der Waals surface area contributed by atoms with Gasteiger partial charge in [-0.05, 0) is 42.4 Å². The number of rotatable bonds is 4. The van der Waals surface area contributed by atoms with Crippen LogP contribution in [-0.2, 0) is 27.2 Å². The fraction of sp³-hybridized carbons (Fsp3) is 0.611. The lowest BCUT2D eigenvalue weighted by Gasteiger charge is -2.36. The van der Waals surface area contributed by atoms with Crippen LogP contribution in [0.5, 0.6) is 0 Å². The minimum atomic E-state index is -5.10. The Hall–Kier alpha value is -1.78. The highest BCUT2D eigenvalue weighted by atomic mass is 32.2. The Kier molecular flexibility index (Phi) is 4.80. The number of halogens is 6. The summed E-state index contributed by atoms with van der Waals surface area (Å²) in [6.45, 7) is 3.55. The zero-order valence-electron chi connectivity index (χ0n) is 15.5. The second-order valence-electron chi connectivity index (χ2n) is 8.32. The number of ketones is 1. The Bertz CT molecular complexity index is 919. The fourth-order valence-corrected chi connectivity index (χ4v) is 6.54. The van der Waals surface area contributed by atoms with Crippen molar-refractivity contribution >= 4 is 21.5 Å². The molecule has 0 unspecified atom stereocenters. The largest absolute Gasteiger partial charge is 0.416 e. The van der Waals surface area contributed by atoms with Gasteiger partial charge in [0.2, 0.25) is 10.0 Å². The molecule has 2 aliphatic rings. The van der Waals surface area contributed by atoms with Crippen LogP contribution >= 0.6 is 0 Å². The molecule has 0 amide bonds.